The molecule has 4 aromatic rings. The van der Waals surface area contributed by atoms with Crippen molar-refractivity contribution in [3.05, 3.63) is 101 Å². The second-order valence-electron chi connectivity index (χ2n) is 7.88. The molecule has 0 spiro atoms. The van der Waals surface area contributed by atoms with E-state index in [1.54, 1.807) is 0 Å². The summed E-state index contributed by atoms with van der Waals surface area (Å²) in [5.74, 6) is 0.928. The van der Waals surface area contributed by atoms with Crippen LogP contribution in [0.15, 0.2) is 73.1 Å². The number of rotatable bonds is 4. The molecule has 3 heterocycles. The second kappa shape index (κ2) is 7.64. The highest BCUT2D eigenvalue weighted by Crippen LogP contribution is 2.29. The van der Waals surface area contributed by atoms with Crippen LogP contribution in [-0.2, 0) is 13.1 Å². The van der Waals surface area contributed by atoms with Crippen LogP contribution in [0.25, 0.3) is 28.6 Å². The number of hydrogen-bond acceptors (Lipinski definition) is 3. The summed E-state index contributed by atoms with van der Waals surface area (Å²) < 4.78 is 0. The van der Waals surface area contributed by atoms with Crippen molar-refractivity contribution in [2.75, 3.05) is 0 Å². The molecular formula is C26H24N4. The maximum atomic E-state index is 4.92. The van der Waals surface area contributed by atoms with Gasteiger partial charge in [0.05, 0.1) is 30.2 Å². The predicted molar refractivity (Wildman–Crippen MR) is 121 cm³/mol. The molecule has 4 heteroatoms. The van der Waals surface area contributed by atoms with E-state index < -0.39 is 0 Å². The van der Waals surface area contributed by atoms with E-state index in [4.69, 9.17) is 4.98 Å². The third-order valence-corrected chi connectivity index (χ3v) is 5.57. The summed E-state index contributed by atoms with van der Waals surface area (Å²) in [7, 11) is 0. The van der Waals surface area contributed by atoms with Crippen molar-refractivity contribution in [1.29, 1.82) is 0 Å². The summed E-state index contributed by atoms with van der Waals surface area (Å²) in [6.07, 6.45) is 6.06. The number of aromatic nitrogens is 3. The van der Waals surface area contributed by atoms with Crippen molar-refractivity contribution in [3.63, 3.8) is 0 Å². The largest absolute Gasteiger partial charge is 0.366 e. The van der Waals surface area contributed by atoms with Gasteiger partial charge in [-0.05, 0) is 48.7 Å². The average Bonchev–Trinajstić information content (AvgIpc) is 3.18. The molecule has 1 N–H and O–H groups in total. The number of benzene rings is 2. The standard InChI is InChI=1S/C26H24N4/c1-18-6-8-20(9-7-18)21-10-11-23(19(2)15-21)26-28-24-12-14-30(17-25(24)29-26)16-22-5-3-4-13-27-22/h3-15H,16-17H2,1-2H3,(H,28,29). The van der Waals surface area contributed by atoms with Gasteiger partial charge in [-0.2, -0.15) is 0 Å². The Morgan fingerprint density at radius 3 is 2.57 bits per heavy atom. The quantitative estimate of drug-likeness (QED) is 0.481. The molecule has 0 radical (unpaired) electrons. The van der Waals surface area contributed by atoms with Gasteiger partial charge in [-0.1, -0.05) is 54.1 Å². The van der Waals surface area contributed by atoms with E-state index in [1.165, 1.54) is 22.3 Å². The summed E-state index contributed by atoms with van der Waals surface area (Å²) in [6.45, 7) is 5.82. The van der Waals surface area contributed by atoms with Gasteiger partial charge in [-0.25, -0.2) is 4.98 Å². The third-order valence-electron chi connectivity index (χ3n) is 5.57. The lowest BCUT2D eigenvalue weighted by Gasteiger charge is -2.22. The first-order chi connectivity index (χ1) is 14.7. The van der Waals surface area contributed by atoms with Crippen molar-refractivity contribution in [2.45, 2.75) is 26.9 Å². The summed E-state index contributed by atoms with van der Waals surface area (Å²) >= 11 is 0. The van der Waals surface area contributed by atoms with Crippen LogP contribution >= 0.6 is 0 Å². The summed E-state index contributed by atoms with van der Waals surface area (Å²) in [5, 5.41) is 0. The Kier molecular flexibility index (Phi) is 4.68. The van der Waals surface area contributed by atoms with Crippen LogP contribution in [0.1, 0.15) is 28.2 Å². The van der Waals surface area contributed by atoms with Crippen molar-refractivity contribution in [1.82, 2.24) is 19.9 Å². The van der Waals surface area contributed by atoms with E-state index in [1.807, 2.05) is 18.3 Å². The van der Waals surface area contributed by atoms with Crippen LogP contribution in [0.2, 0.25) is 0 Å². The van der Waals surface area contributed by atoms with Gasteiger partial charge in [-0.3, -0.25) is 4.98 Å². The Morgan fingerprint density at radius 2 is 1.80 bits per heavy atom. The highest BCUT2D eigenvalue weighted by molar-refractivity contribution is 5.71. The van der Waals surface area contributed by atoms with Gasteiger partial charge in [-0.15, -0.1) is 0 Å². The lowest BCUT2D eigenvalue weighted by Crippen LogP contribution is -2.20. The molecule has 0 saturated carbocycles. The maximum absolute atomic E-state index is 4.92. The number of hydrogen-bond donors (Lipinski definition) is 1. The first-order valence-electron chi connectivity index (χ1n) is 10.2. The molecule has 0 amide bonds. The molecule has 4 nitrogen and oxygen atoms in total. The van der Waals surface area contributed by atoms with Gasteiger partial charge in [0, 0.05) is 18.0 Å². The van der Waals surface area contributed by atoms with Gasteiger partial charge >= 0.3 is 0 Å². The molecule has 1 aliphatic rings. The molecule has 30 heavy (non-hydrogen) atoms. The first kappa shape index (κ1) is 18.4. The van der Waals surface area contributed by atoms with E-state index in [-0.39, 0.29) is 0 Å². The summed E-state index contributed by atoms with van der Waals surface area (Å²) in [6, 6.07) is 21.3. The topological polar surface area (TPSA) is 44.8 Å². The van der Waals surface area contributed by atoms with Crippen molar-refractivity contribution < 1.29 is 0 Å². The van der Waals surface area contributed by atoms with Gasteiger partial charge in [0.15, 0.2) is 0 Å². The number of pyridine rings is 1. The Hall–Kier alpha value is -3.66. The van der Waals surface area contributed by atoms with E-state index in [0.717, 1.165) is 41.6 Å². The van der Waals surface area contributed by atoms with Crippen molar-refractivity contribution in [3.8, 4) is 22.5 Å². The van der Waals surface area contributed by atoms with Gasteiger partial charge in [0.2, 0.25) is 0 Å². The Bertz CT molecular complexity index is 1200. The van der Waals surface area contributed by atoms with E-state index in [9.17, 15) is 0 Å². The molecule has 0 atom stereocenters. The second-order valence-corrected chi connectivity index (χ2v) is 7.88. The molecule has 0 aliphatic carbocycles. The molecule has 2 aromatic carbocycles. The van der Waals surface area contributed by atoms with Crippen molar-refractivity contribution >= 4 is 6.08 Å². The Balaban J connectivity index is 1.38. The van der Waals surface area contributed by atoms with Crippen LogP contribution in [0.5, 0.6) is 0 Å². The highest BCUT2D eigenvalue weighted by atomic mass is 15.1. The van der Waals surface area contributed by atoms with Crippen LogP contribution in [0.3, 0.4) is 0 Å². The first-order valence-corrected chi connectivity index (χ1v) is 10.2. The zero-order valence-electron chi connectivity index (χ0n) is 17.3. The number of H-pyrrole nitrogens is 1. The lowest BCUT2D eigenvalue weighted by atomic mass is 9.99. The molecule has 2 aromatic heterocycles. The minimum Gasteiger partial charge on any atom is -0.366 e. The van der Waals surface area contributed by atoms with Gasteiger partial charge in [0.25, 0.3) is 0 Å². The van der Waals surface area contributed by atoms with Crippen LogP contribution in [0, 0.1) is 13.8 Å². The molecule has 0 fully saturated rings. The van der Waals surface area contributed by atoms with E-state index in [2.05, 4.69) is 89.5 Å². The normalized spacial score (nSPS) is 12.8. The highest BCUT2D eigenvalue weighted by Gasteiger charge is 2.17. The number of aromatic amines is 1. The Morgan fingerprint density at radius 1 is 0.967 bits per heavy atom. The molecule has 0 saturated heterocycles. The fourth-order valence-corrected chi connectivity index (χ4v) is 3.90. The zero-order chi connectivity index (χ0) is 20.5. The minimum atomic E-state index is 0.777. The van der Waals surface area contributed by atoms with E-state index >= 15 is 0 Å². The molecule has 0 bridgehead atoms. The van der Waals surface area contributed by atoms with Crippen molar-refractivity contribution in [2.24, 2.45) is 0 Å². The number of fused-ring (bicyclic) bond motifs is 1. The SMILES string of the molecule is Cc1ccc(-c2ccc(-c3nc4c([nH]3)C=CN(Cc3ccccn3)C4)c(C)c2)cc1. The van der Waals surface area contributed by atoms with Crippen LogP contribution in [-0.4, -0.2) is 19.9 Å². The molecule has 1 aliphatic heterocycles. The van der Waals surface area contributed by atoms with Gasteiger partial charge in [0.1, 0.15) is 5.82 Å². The van der Waals surface area contributed by atoms with E-state index in [0.29, 0.717) is 0 Å². The number of nitrogens with one attached hydrogen (secondary N) is 1. The molecule has 148 valence electrons. The van der Waals surface area contributed by atoms with Crippen LogP contribution in [0.4, 0.5) is 0 Å². The number of aryl methyl sites for hydroxylation is 2. The summed E-state index contributed by atoms with van der Waals surface area (Å²) in [5.41, 5.74) is 9.33. The fourth-order valence-electron chi connectivity index (χ4n) is 3.90. The predicted octanol–water partition coefficient (Wildman–Crippen LogP) is 5.74. The number of imidazole rings is 1. The minimum absolute atomic E-state index is 0.777. The number of nitrogens with zero attached hydrogens (tertiary/aromatic N) is 3. The monoisotopic (exact) mass is 392 g/mol. The van der Waals surface area contributed by atoms with Crippen LogP contribution < -0.4 is 0 Å². The maximum Gasteiger partial charge on any atom is 0.138 e. The Labute approximate surface area is 177 Å². The summed E-state index contributed by atoms with van der Waals surface area (Å²) in [4.78, 5) is 15.1. The smallest absolute Gasteiger partial charge is 0.138 e. The third kappa shape index (κ3) is 3.64. The van der Waals surface area contributed by atoms with Gasteiger partial charge < -0.3 is 9.88 Å². The fraction of sp³-hybridized carbons (Fsp3) is 0.154. The molecular weight excluding hydrogens is 368 g/mol. The zero-order valence-corrected chi connectivity index (χ0v) is 17.3. The lowest BCUT2D eigenvalue weighted by molar-refractivity contribution is 0.351. The molecule has 0 unspecified atom stereocenters. The average molecular weight is 393 g/mol. The molecule has 5 rings (SSSR count).